The van der Waals surface area contributed by atoms with Crippen LogP contribution in [0.1, 0.15) is 32.9 Å². The Labute approximate surface area is 86.5 Å². The SMILES string of the molecule is Cc1cc(NCCC(C)(C)C)nn1C. The lowest BCUT2D eigenvalue weighted by Crippen LogP contribution is -2.13. The number of anilines is 1. The van der Waals surface area contributed by atoms with Gasteiger partial charge in [0.1, 0.15) is 5.82 Å². The number of rotatable bonds is 3. The highest BCUT2D eigenvalue weighted by Crippen LogP contribution is 2.18. The molecule has 0 fully saturated rings. The molecular formula is C11H21N3. The smallest absolute Gasteiger partial charge is 0.148 e. The molecule has 0 saturated heterocycles. The molecule has 0 aliphatic heterocycles. The third kappa shape index (κ3) is 3.40. The zero-order valence-electron chi connectivity index (χ0n) is 9.89. The number of nitrogens with zero attached hydrogens (tertiary/aromatic N) is 2. The minimum absolute atomic E-state index is 0.386. The van der Waals surface area contributed by atoms with E-state index in [1.807, 2.05) is 11.7 Å². The first kappa shape index (κ1) is 11.1. The summed E-state index contributed by atoms with van der Waals surface area (Å²) in [5, 5.41) is 7.67. The van der Waals surface area contributed by atoms with Crippen LogP contribution in [0.3, 0.4) is 0 Å². The molecule has 0 saturated carbocycles. The summed E-state index contributed by atoms with van der Waals surface area (Å²) in [7, 11) is 1.96. The van der Waals surface area contributed by atoms with Crippen molar-refractivity contribution in [2.24, 2.45) is 12.5 Å². The molecule has 1 N–H and O–H groups in total. The average molecular weight is 195 g/mol. The van der Waals surface area contributed by atoms with E-state index < -0.39 is 0 Å². The Morgan fingerprint density at radius 3 is 2.50 bits per heavy atom. The van der Waals surface area contributed by atoms with E-state index in [0.29, 0.717) is 5.41 Å². The molecule has 0 aliphatic carbocycles. The molecule has 0 aliphatic rings. The minimum Gasteiger partial charge on any atom is -0.369 e. The van der Waals surface area contributed by atoms with Crippen molar-refractivity contribution in [3.8, 4) is 0 Å². The van der Waals surface area contributed by atoms with Crippen LogP contribution < -0.4 is 5.32 Å². The summed E-state index contributed by atoms with van der Waals surface area (Å²) >= 11 is 0. The Morgan fingerprint density at radius 2 is 2.07 bits per heavy atom. The molecule has 14 heavy (non-hydrogen) atoms. The van der Waals surface area contributed by atoms with Gasteiger partial charge in [-0.2, -0.15) is 5.10 Å². The van der Waals surface area contributed by atoms with E-state index in [1.165, 1.54) is 5.69 Å². The quantitative estimate of drug-likeness (QED) is 0.803. The van der Waals surface area contributed by atoms with E-state index >= 15 is 0 Å². The van der Waals surface area contributed by atoms with Crippen LogP contribution in [0.5, 0.6) is 0 Å². The summed E-state index contributed by atoms with van der Waals surface area (Å²) in [6.45, 7) is 9.79. The van der Waals surface area contributed by atoms with E-state index in [9.17, 15) is 0 Å². The fourth-order valence-corrected chi connectivity index (χ4v) is 1.21. The second-order valence-corrected chi connectivity index (χ2v) is 5.03. The maximum absolute atomic E-state index is 4.34. The minimum atomic E-state index is 0.386. The monoisotopic (exact) mass is 195 g/mol. The number of aromatic nitrogens is 2. The van der Waals surface area contributed by atoms with Crippen molar-refractivity contribution >= 4 is 5.82 Å². The van der Waals surface area contributed by atoms with Crippen LogP contribution in [0.15, 0.2) is 6.07 Å². The molecule has 1 heterocycles. The maximum atomic E-state index is 4.34. The Hall–Kier alpha value is -0.990. The molecule has 80 valence electrons. The molecule has 0 spiro atoms. The molecule has 1 rings (SSSR count). The predicted molar refractivity (Wildman–Crippen MR) is 60.5 cm³/mol. The fourth-order valence-electron chi connectivity index (χ4n) is 1.21. The van der Waals surface area contributed by atoms with E-state index in [0.717, 1.165) is 18.8 Å². The van der Waals surface area contributed by atoms with Gasteiger partial charge in [-0.3, -0.25) is 4.68 Å². The second-order valence-electron chi connectivity index (χ2n) is 5.03. The molecule has 0 bridgehead atoms. The van der Waals surface area contributed by atoms with Gasteiger partial charge in [0.15, 0.2) is 0 Å². The van der Waals surface area contributed by atoms with Crippen LogP contribution in [0.2, 0.25) is 0 Å². The molecule has 0 amide bonds. The summed E-state index contributed by atoms with van der Waals surface area (Å²) in [4.78, 5) is 0. The molecular weight excluding hydrogens is 174 g/mol. The van der Waals surface area contributed by atoms with Gasteiger partial charge in [0, 0.05) is 25.4 Å². The van der Waals surface area contributed by atoms with Crippen LogP contribution in [0.4, 0.5) is 5.82 Å². The summed E-state index contributed by atoms with van der Waals surface area (Å²) < 4.78 is 1.89. The van der Waals surface area contributed by atoms with Crippen LogP contribution >= 0.6 is 0 Å². The lowest BCUT2D eigenvalue weighted by molar-refractivity contribution is 0.389. The highest BCUT2D eigenvalue weighted by Gasteiger charge is 2.09. The molecule has 3 nitrogen and oxygen atoms in total. The zero-order chi connectivity index (χ0) is 10.8. The van der Waals surface area contributed by atoms with Crippen LogP contribution in [0.25, 0.3) is 0 Å². The first-order valence-corrected chi connectivity index (χ1v) is 5.13. The van der Waals surface area contributed by atoms with Gasteiger partial charge in [-0.1, -0.05) is 20.8 Å². The van der Waals surface area contributed by atoms with Gasteiger partial charge in [-0.05, 0) is 18.8 Å². The Bertz CT molecular complexity index is 274. The lowest BCUT2D eigenvalue weighted by atomic mass is 9.92. The van der Waals surface area contributed by atoms with Crippen molar-refractivity contribution < 1.29 is 0 Å². The van der Waals surface area contributed by atoms with Crippen molar-refractivity contribution in [2.75, 3.05) is 11.9 Å². The Kier molecular flexibility index (Phi) is 3.19. The van der Waals surface area contributed by atoms with E-state index in [1.54, 1.807) is 0 Å². The van der Waals surface area contributed by atoms with Gasteiger partial charge in [-0.25, -0.2) is 0 Å². The normalized spacial score (nSPS) is 11.8. The largest absolute Gasteiger partial charge is 0.369 e. The van der Waals surface area contributed by atoms with Crippen molar-refractivity contribution in [3.05, 3.63) is 11.8 Å². The number of aryl methyl sites for hydroxylation is 2. The molecule has 0 atom stereocenters. The van der Waals surface area contributed by atoms with Gasteiger partial charge in [0.05, 0.1) is 0 Å². The van der Waals surface area contributed by atoms with Gasteiger partial charge in [-0.15, -0.1) is 0 Å². The van der Waals surface area contributed by atoms with Crippen molar-refractivity contribution in [3.63, 3.8) is 0 Å². The average Bonchev–Trinajstić information content (AvgIpc) is 2.28. The Balaban J connectivity index is 2.39. The highest BCUT2D eigenvalue weighted by atomic mass is 15.3. The van der Waals surface area contributed by atoms with Gasteiger partial charge in [0.25, 0.3) is 0 Å². The molecule has 1 aromatic rings. The van der Waals surface area contributed by atoms with Gasteiger partial charge in [0.2, 0.25) is 0 Å². The Morgan fingerprint density at radius 1 is 1.43 bits per heavy atom. The van der Waals surface area contributed by atoms with Crippen LogP contribution in [-0.4, -0.2) is 16.3 Å². The van der Waals surface area contributed by atoms with Gasteiger partial charge >= 0.3 is 0 Å². The summed E-state index contributed by atoms with van der Waals surface area (Å²) in [5.74, 6) is 0.981. The van der Waals surface area contributed by atoms with Crippen LogP contribution in [-0.2, 0) is 7.05 Å². The molecule has 1 aromatic heterocycles. The van der Waals surface area contributed by atoms with Crippen molar-refractivity contribution in [1.82, 2.24) is 9.78 Å². The first-order valence-electron chi connectivity index (χ1n) is 5.13. The number of hydrogen-bond acceptors (Lipinski definition) is 2. The van der Waals surface area contributed by atoms with Crippen molar-refractivity contribution in [2.45, 2.75) is 34.1 Å². The second kappa shape index (κ2) is 4.03. The lowest BCUT2D eigenvalue weighted by Gasteiger charge is -2.17. The molecule has 0 aromatic carbocycles. The zero-order valence-corrected chi connectivity index (χ0v) is 9.89. The van der Waals surface area contributed by atoms with E-state index in [4.69, 9.17) is 0 Å². The van der Waals surface area contributed by atoms with E-state index in [-0.39, 0.29) is 0 Å². The fraction of sp³-hybridized carbons (Fsp3) is 0.727. The summed E-state index contributed by atoms with van der Waals surface area (Å²) in [6.07, 6.45) is 1.16. The molecule has 0 radical (unpaired) electrons. The number of nitrogens with one attached hydrogen (secondary N) is 1. The van der Waals surface area contributed by atoms with Crippen molar-refractivity contribution in [1.29, 1.82) is 0 Å². The van der Waals surface area contributed by atoms with Crippen LogP contribution in [0, 0.1) is 12.3 Å². The topological polar surface area (TPSA) is 29.9 Å². The third-order valence-corrected chi connectivity index (χ3v) is 2.29. The van der Waals surface area contributed by atoms with E-state index in [2.05, 4.69) is 44.2 Å². The highest BCUT2D eigenvalue weighted by molar-refractivity contribution is 5.35. The molecule has 3 heteroatoms. The van der Waals surface area contributed by atoms with Gasteiger partial charge < -0.3 is 5.32 Å². The number of hydrogen-bond donors (Lipinski definition) is 1. The standard InChI is InChI=1S/C11H21N3/c1-9-8-10(13-14(9)5)12-7-6-11(2,3)4/h8H,6-7H2,1-5H3,(H,12,13). The summed E-state index contributed by atoms with van der Waals surface area (Å²) in [6, 6.07) is 2.07. The summed E-state index contributed by atoms with van der Waals surface area (Å²) in [5.41, 5.74) is 1.57. The molecule has 0 unspecified atom stereocenters. The first-order chi connectivity index (χ1) is 6.38. The predicted octanol–water partition coefficient (Wildman–Crippen LogP) is 2.58. The third-order valence-electron chi connectivity index (χ3n) is 2.29. The maximum Gasteiger partial charge on any atom is 0.148 e.